The second-order valence-electron chi connectivity index (χ2n) is 4.56. The van der Waals surface area contributed by atoms with Crippen molar-refractivity contribution in [3.05, 3.63) is 11.6 Å². The zero-order valence-electron chi connectivity index (χ0n) is 13.6. The maximum Gasteiger partial charge on any atom is 0.500 e. The van der Waals surface area contributed by atoms with Crippen LogP contribution >= 0.6 is 0 Å². The third kappa shape index (κ3) is 4.60. The maximum atomic E-state index is 5.83. The van der Waals surface area contributed by atoms with Crippen LogP contribution in [0.4, 0.5) is 0 Å². The highest BCUT2D eigenvalue weighted by molar-refractivity contribution is 6.60. The monoisotopic (exact) mass is 342 g/mol. The molecule has 0 spiro atoms. The van der Waals surface area contributed by atoms with Crippen molar-refractivity contribution in [2.45, 2.75) is 33.2 Å². The van der Waals surface area contributed by atoms with Gasteiger partial charge < -0.3 is 13.3 Å². The third-order valence-electron chi connectivity index (χ3n) is 3.04. The largest absolute Gasteiger partial charge is 0.500 e. The van der Waals surface area contributed by atoms with Crippen LogP contribution in [0.15, 0.2) is 42.7 Å². The highest BCUT2D eigenvalue weighted by Crippen LogP contribution is 2.23. The van der Waals surface area contributed by atoms with E-state index in [-0.39, 0.29) is 0 Å². The van der Waals surface area contributed by atoms with Crippen LogP contribution in [0.5, 0.6) is 0 Å². The lowest BCUT2D eigenvalue weighted by Crippen LogP contribution is -2.46. The summed E-state index contributed by atoms with van der Waals surface area (Å²) in [7, 11) is -2.64. The highest BCUT2D eigenvalue weighted by Gasteiger charge is 2.40. The second-order valence-corrected chi connectivity index (χ2v) is 7.30. The van der Waals surface area contributed by atoms with Crippen LogP contribution in [0.25, 0.3) is 0 Å². The summed E-state index contributed by atoms with van der Waals surface area (Å²) < 4.78 is 17.5. The molecule has 0 saturated heterocycles. The van der Waals surface area contributed by atoms with Crippen LogP contribution in [0.1, 0.15) is 27.2 Å². The fourth-order valence-corrected chi connectivity index (χ4v) is 4.83. The zero-order chi connectivity index (χ0) is 16.5. The van der Waals surface area contributed by atoms with Gasteiger partial charge >= 0.3 is 8.80 Å². The molecule has 12 heteroatoms. The molecule has 128 valence electrons. The summed E-state index contributed by atoms with van der Waals surface area (Å²) >= 11 is 0. The van der Waals surface area contributed by atoms with Gasteiger partial charge in [0.25, 0.3) is 0 Å². The number of hydrazine groups is 1. The van der Waals surface area contributed by atoms with Crippen molar-refractivity contribution in [1.82, 2.24) is 10.5 Å². The van der Waals surface area contributed by atoms with Gasteiger partial charge in [-0.2, -0.15) is 5.53 Å². The molecule has 2 aliphatic rings. The molecule has 0 aliphatic carbocycles. The first-order chi connectivity index (χ1) is 11.2. The fraction of sp³-hybridized carbons (Fsp3) is 0.818. The first kappa shape index (κ1) is 17.6. The zero-order valence-corrected chi connectivity index (χ0v) is 14.6. The summed E-state index contributed by atoms with van der Waals surface area (Å²) in [5.41, 5.74) is 2.79. The van der Waals surface area contributed by atoms with Gasteiger partial charge in [0.2, 0.25) is 11.6 Å². The summed E-state index contributed by atoms with van der Waals surface area (Å²) in [4.78, 5) is 0. The van der Waals surface area contributed by atoms with E-state index in [2.05, 4.69) is 36.5 Å². The minimum atomic E-state index is -2.64. The van der Waals surface area contributed by atoms with Gasteiger partial charge in [-0.15, -0.1) is 15.3 Å². The van der Waals surface area contributed by atoms with Crippen LogP contribution in [0.3, 0.4) is 0 Å². The summed E-state index contributed by atoms with van der Waals surface area (Å²) in [6, 6.07) is 0.701. The van der Waals surface area contributed by atoms with Gasteiger partial charge in [0.15, 0.2) is 0 Å². The van der Waals surface area contributed by atoms with E-state index < -0.39 is 8.80 Å². The van der Waals surface area contributed by atoms with E-state index in [1.165, 1.54) is 0 Å². The van der Waals surface area contributed by atoms with Crippen LogP contribution in [0, 0.1) is 0 Å². The summed E-state index contributed by atoms with van der Waals surface area (Å²) in [6.07, 6.45) is 0.773. The molecule has 0 radical (unpaired) electrons. The normalized spacial score (nSPS) is 16.7. The molecule has 0 saturated carbocycles. The number of hydrogen-bond acceptors (Lipinski definition) is 11. The van der Waals surface area contributed by atoms with E-state index in [0.29, 0.717) is 44.1 Å². The van der Waals surface area contributed by atoms with Crippen LogP contribution in [-0.4, -0.2) is 40.2 Å². The van der Waals surface area contributed by atoms with Crippen molar-refractivity contribution >= 4 is 8.80 Å². The highest BCUT2D eigenvalue weighted by atomic mass is 28.4. The Hall–Kier alpha value is -1.76. The maximum absolute atomic E-state index is 5.83. The van der Waals surface area contributed by atoms with Crippen molar-refractivity contribution in [2.24, 2.45) is 31.0 Å². The number of nitrogens with zero attached hydrogens (tertiary/aromatic N) is 7. The smallest absolute Gasteiger partial charge is 0.374 e. The Kier molecular flexibility index (Phi) is 6.70. The number of rotatable bonds is 10. The molecular formula is C11H22N8O3Si. The molecule has 0 amide bonds. The Balaban J connectivity index is 1.92. The first-order valence-corrected chi connectivity index (χ1v) is 9.59. The third-order valence-corrected chi connectivity index (χ3v) is 6.19. The number of hydrogen-bond donors (Lipinski definition) is 1. The minimum absolute atomic E-state index is 0.335. The molecule has 0 aromatic carbocycles. The fourth-order valence-electron chi connectivity index (χ4n) is 2.24. The molecule has 2 aliphatic heterocycles. The lowest BCUT2D eigenvalue weighted by molar-refractivity contribution is 0.0699. The van der Waals surface area contributed by atoms with Gasteiger partial charge in [-0.05, 0) is 37.6 Å². The van der Waals surface area contributed by atoms with E-state index in [9.17, 15) is 0 Å². The topological polar surface area (TPSA) is 117 Å². The van der Waals surface area contributed by atoms with Crippen LogP contribution in [-0.2, 0) is 13.3 Å². The molecule has 23 heavy (non-hydrogen) atoms. The molecule has 0 atom stereocenters. The summed E-state index contributed by atoms with van der Waals surface area (Å²) in [5.74, 6) is 0.827. The molecule has 2 heterocycles. The second kappa shape index (κ2) is 8.76. The van der Waals surface area contributed by atoms with Crippen molar-refractivity contribution in [3.8, 4) is 0 Å². The summed E-state index contributed by atoms with van der Waals surface area (Å²) in [6.45, 7) is 8.15. The van der Waals surface area contributed by atoms with Crippen molar-refractivity contribution in [1.29, 1.82) is 0 Å². The molecule has 2 rings (SSSR count). The molecule has 0 bridgehead atoms. The Bertz CT molecular complexity index is 478. The van der Waals surface area contributed by atoms with Crippen molar-refractivity contribution in [2.75, 3.05) is 26.4 Å². The Morgan fingerprint density at radius 2 is 1.57 bits per heavy atom. The lowest BCUT2D eigenvalue weighted by Gasteiger charge is -2.29. The van der Waals surface area contributed by atoms with Crippen molar-refractivity contribution in [3.63, 3.8) is 0 Å². The van der Waals surface area contributed by atoms with E-state index in [1.54, 1.807) is 5.01 Å². The standard InChI is InChI=1S/C11H22N8O3Si/c1-4-20-23(21-5-2,22-6-3)9-7-8-19-11(14-17-18-19)10-12-15-16-13-10/h4-9H2,1-3H3,(H,14,18). The van der Waals surface area contributed by atoms with E-state index >= 15 is 0 Å². The predicted octanol–water partition coefficient (Wildman–Crippen LogP) is 2.57. The average molecular weight is 342 g/mol. The lowest BCUT2D eigenvalue weighted by atomic mass is 10.4. The average Bonchev–Trinajstić information content (AvgIpc) is 3.18. The van der Waals surface area contributed by atoms with Crippen LogP contribution < -0.4 is 5.53 Å². The molecule has 0 fully saturated rings. The quantitative estimate of drug-likeness (QED) is 0.612. The molecule has 0 unspecified atom stereocenters. The van der Waals surface area contributed by atoms with E-state index in [4.69, 9.17) is 13.3 Å². The van der Waals surface area contributed by atoms with Gasteiger partial charge in [0.1, 0.15) is 0 Å². The SMILES string of the molecule is CCO[Si](CCCN1NN=NC1=C1N=NN=N1)(OCC)OCC. The van der Waals surface area contributed by atoms with Crippen LogP contribution in [0.2, 0.25) is 6.04 Å². The van der Waals surface area contributed by atoms with Crippen molar-refractivity contribution < 1.29 is 13.3 Å². The Morgan fingerprint density at radius 3 is 2.13 bits per heavy atom. The Morgan fingerprint density at radius 1 is 0.957 bits per heavy atom. The predicted molar refractivity (Wildman–Crippen MR) is 81.5 cm³/mol. The molecule has 0 aromatic rings. The summed E-state index contributed by atoms with van der Waals surface area (Å²) in [5, 5.41) is 23.9. The Labute approximate surface area is 135 Å². The van der Waals surface area contributed by atoms with Gasteiger partial charge in [-0.25, -0.2) is 5.01 Å². The molecular weight excluding hydrogens is 320 g/mol. The van der Waals surface area contributed by atoms with Gasteiger partial charge in [-0.1, -0.05) is 5.22 Å². The first-order valence-electron chi connectivity index (χ1n) is 7.66. The van der Waals surface area contributed by atoms with Gasteiger partial charge in [0, 0.05) is 32.4 Å². The van der Waals surface area contributed by atoms with Gasteiger partial charge in [-0.3, -0.25) is 0 Å². The number of nitrogens with one attached hydrogen (secondary N) is 1. The molecule has 0 aromatic heterocycles. The molecule has 1 N–H and O–H groups in total. The minimum Gasteiger partial charge on any atom is -0.374 e. The van der Waals surface area contributed by atoms with Gasteiger partial charge in [0.05, 0.1) is 0 Å². The van der Waals surface area contributed by atoms with E-state index in [1.807, 2.05) is 20.8 Å². The van der Waals surface area contributed by atoms with E-state index in [0.717, 1.165) is 6.42 Å². The molecule has 11 nitrogen and oxygen atoms in total.